The van der Waals surface area contributed by atoms with Crippen LogP contribution in [0.15, 0.2) is 30.3 Å². The molecule has 0 aromatic heterocycles. The van der Waals surface area contributed by atoms with Crippen molar-refractivity contribution in [2.24, 2.45) is 0 Å². The van der Waals surface area contributed by atoms with Crippen LogP contribution < -0.4 is 0 Å². The summed E-state index contributed by atoms with van der Waals surface area (Å²) < 4.78 is 14.7. The van der Waals surface area contributed by atoms with Gasteiger partial charge in [-0.25, -0.2) is 0 Å². The molecule has 60 valence electrons. The second kappa shape index (κ2) is 5.11. The Bertz CT molecular complexity index is 211. The molecule has 0 aliphatic heterocycles. The molecule has 1 unspecified atom stereocenters. The van der Waals surface area contributed by atoms with Crippen molar-refractivity contribution < 1.29 is 9.09 Å². The molecule has 0 N–H and O–H groups in total. The number of rotatable bonds is 4. The quantitative estimate of drug-likeness (QED) is 0.509. The van der Waals surface area contributed by atoms with Gasteiger partial charge >= 0.3 is 0 Å². The van der Waals surface area contributed by atoms with Crippen molar-refractivity contribution in [2.45, 2.75) is 6.42 Å². The van der Waals surface area contributed by atoms with E-state index in [4.69, 9.17) is 4.52 Å². The van der Waals surface area contributed by atoms with Crippen LogP contribution in [0.25, 0.3) is 0 Å². The highest BCUT2D eigenvalue weighted by Gasteiger charge is 1.88. The first-order valence-electron chi connectivity index (χ1n) is 3.52. The molecule has 0 saturated heterocycles. The first-order valence-corrected chi connectivity index (χ1v) is 4.47. The van der Waals surface area contributed by atoms with E-state index in [2.05, 4.69) is 0 Å². The second-order valence-electron chi connectivity index (χ2n) is 2.20. The van der Waals surface area contributed by atoms with Crippen molar-refractivity contribution in [3.63, 3.8) is 0 Å². The molecular formula is C8H11O2P. The van der Waals surface area contributed by atoms with Crippen molar-refractivity contribution in [1.29, 1.82) is 0 Å². The standard InChI is InChI=1S/C8H11O2P/c9-11-10-7-6-8-4-2-1-3-5-8/h1-5H,6-7,11H2. The van der Waals surface area contributed by atoms with Gasteiger partial charge in [0, 0.05) is 0 Å². The van der Waals surface area contributed by atoms with E-state index in [1.54, 1.807) is 0 Å². The zero-order chi connectivity index (χ0) is 7.94. The van der Waals surface area contributed by atoms with Crippen LogP contribution in [0, 0.1) is 0 Å². The maximum absolute atomic E-state index is 9.98. The molecule has 11 heavy (non-hydrogen) atoms. The van der Waals surface area contributed by atoms with Crippen LogP contribution >= 0.6 is 8.69 Å². The van der Waals surface area contributed by atoms with Crippen LogP contribution in [0.2, 0.25) is 0 Å². The average molecular weight is 170 g/mol. The van der Waals surface area contributed by atoms with Crippen molar-refractivity contribution >= 4 is 8.69 Å². The van der Waals surface area contributed by atoms with Gasteiger partial charge < -0.3 is 4.52 Å². The lowest BCUT2D eigenvalue weighted by atomic mass is 10.2. The van der Waals surface area contributed by atoms with Crippen LogP contribution in [0.1, 0.15) is 5.56 Å². The molecular weight excluding hydrogens is 159 g/mol. The molecule has 0 bridgehead atoms. The van der Waals surface area contributed by atoms with E-state index in [1.807, 2.05) is 30.3 Å². The lowest BCUT2D eigenvalue weighted by Gasteiger charge is -1.97. The molecule has 1 aromatic carbocycles. The summed E-state index contributed by atoms with van der Waals surface area (Å²) in [4.78, 5) is 0. The summed E-state index contributed by atoms with van der Waals surface area (Å²) in [5, 5.41) is 0. The Kier molecular flexibility index (Phi) is 3.95. The van der Waals surface area contributed by atoms with Gasteiger partial charge in [-0.3, -0.25) is 4.57 Å². The Hall–Kier alpha value is -0.590. The van der Waals surface area contributed by atoms with Crippen LogP contribution in [0.5, 0.6) is 0 Å². The summed E-state index contributed by atoms with van der Waals surface area (Å²) in [5.74, 6) is 0. The fourth-order valence-electron chi connectivity index (χ4n) is 0.870. The minimum atomic E-state index is -1.05. The third-order valence-electron chi connectivity index (χ3n) is 1.42. The van der Waals surface area contributed by atoms with Gasteiger partial charge in [-0.15, -0.1) is 0 Å². The summed E-state index contributed by atoms with van der Waals surface area (Å²) in [7, 11) is -1.05. The average Bonchev–Trinajstić information content (AvgIpc) is 2.07. The highest BCUT2D eigenvalue weighted by molar-refractivity contribution is 7.17. The Labute approximate surface area is 67.5 Å². The summed E-state index contributed by atoms with van der Waals surface area (Å²) >= 11 is 0. The zero-order valence-electron chi connectivity index (χ0n) is 6.19. The van der Waals surface area contributed by atoms with Gasteiger partial charge in [-0.2, -0.15) is 0 Å². The van der Waals surface area contributed by atoms with Crippen molar-refractivity contribution in [2.75, 3.05) is 6.61 Å². The Morgan fingerprint density at radius 3 is 2.64 bits per heavy atom. The minimum Gasteiger partial charge on any atom is -0.332 e. The predicted molar refractivity (Wildman–Crippen MR) is 46.5 cm³/mol. The van der Waals surface area contributed by atoms with Gasteiger partial charge in [0.25, 0.3) is 0 Å². The second-order valence-corrected chi connectivity index (χ2v) is 2.73. The normalized spacial score (nSPS) is 10.9. The summed E-state index contributed by atoms with van der Waals surface area (Å²) in [5.41, 5.74) is 1.22. The Balaban J connectivity index is 2.33. The van der Waals surface area contributed by atoms with Crippen molar-refractivity contribution in [3.05, 3.63) is 35.9 Å². The van der Waals surface area contributed by atoms with Gasteiger partial charge in [-0.1, -0.05) is 30.3 Å². The molecule has 0 heterocycles. The fraction of sp³-hybridized carbons (Fsp3) is 0.250. The molecule has 0 aliphatic carbocycles. The number of hydrogen-bond donors (Lipinski definition) is 0. The minimum absolute atomic E-state index is 0.558. The maximum atomic E-state index is 9.98. The van der Waals surface area contributed by atoms with E-state index < -0.39 is 8.69 Å². The molecule has 0 amide bonds. The van der Waals surface area contributed by atoms with Gasteiger partial charge in [0.15, 0.2) is 8.69 Å². The van der Waals surface area contributed by atoms with Gasteiger partial charge in [0.2, 0.25) is 0 Å². The van der Waals surface area contributed by atoms with E-state index in [1.165, 1.54) is 5.56 Å². The molecule has 1 rings (SSSR count). The van der Waals surface area contributed by atoms with E-state index in [-0.39, 0.29) is 0 Å². The molecule has 3 heteroatoms. The number of hydrogen-bond acceptors (Lipinski definition) is 2. The third-order valence-corrected chi connectivity index (χ3v) is 1.79. The molecule has 1 aromatic rings. The topological polar surface area (TPSA) is 26.3 Å². The van der Waals surface area contributed by atoms with Gasteiger partial charge in [0.05, 0.1) is 6.61 Å². The van der Waals surface area contributed by atoms with E-state index >= 15 is 0 Å². The van der Waals surface area contributed by atoms with Gasteiger partial charge in [-0.05, 0) is 12.0 Å². The first-order chi connectivity index (χ1) is 5.43. The Morgan fingerprint density at radius 1 is 1.27 bits per heavy atom. The summed E-state index contributed by atoms with van der Waals surface area (Å²) in [6.07, 6.45) is 0.843. The molecule has 0 spiro atoms. The molecule has 0 radical (unpaired) electrons. The van der Waals surface area contributed by atoms with E-state index in [0.29, 0.717) is 6.61 Å². The highest BCUT2D eigenvalue weighted by atomic mass is 31.1. The van der Waals surface area contributed by atoms with Crippen LogP contribution in [0.3, 0.4) is 0 Å². The third kappa shape index (κ3) is 3.35. The van der Waals surface area contributed by atoms with Crippen LogP contribution in [-0.2, 0) is 15.5 Å². The maximum Gasteiger partial charge on any atom is 0.179 e. The zero-order valence-corrected chi connectivity index (χ0v) is 7.35. The highest BCUT2D eigenvalue weighted by Crippen LogP contribution is 2.02. The van der Waals surface area contributed by atoms with Gasteiger partial charge in [0.1, 0.15) is 0 Å². The number of benzene rings is 1. The first kappa shape index (κ1) is 8.51. The van der Waals surface area contributed by atoms with E-state index in [0.717, 1.165) is 6.42 Å². The summed E-state index contributed by atoms with van der Waals surface area (Å²) in [6.45, 7) is 0.558. The molecule has 2 nitrogen and oxygen atoms in total. The van der Waals surface area contributed by atoms with Crippen LogP contribution in [0.4, 0.5) is 0 Å². The Morgan fingerprint density at radius 2 is 2.00 bits per heavy atom. The molecule has 1 atom stereocenters. The summed E-state index contributed by atoms with van der Waals surface area (Å²) in [6, 6.07) is 10.0. The van der Waals surface area contributed by atoms with E-state index in [9.17, 15) is 4.57 Å². The molecule has 0 aliphatic rings. The van der Waals surface area contributed by atoms with Crippen molar-refractivity contribution in [1.82, 2.24) is 0 Å². The molecule has 0 fully saturated rings. The lowest BCUT2D eigenvalue weighted by Crippen LogP contribution is -1.90. The van der Waals surface area contributed by atoms with Crippen LogP contribution in [-0.4, -0.2) is 6.61 Å². The molecule has 0 saturated carbocycles. The SMILES string of the molecule is O=[PH2]OCCc1ccccc1. The lowest BCUT2D eigenvalue weighted by molar-refractivity contribution is 0.347. The largest absolute Gasteiger partial charge is 0.332 e. The fourth-order valence-corrected chi connectivity index (χ4v) is 1.08. The monoisotopic (exact) mass is 170 g/mol. The van der Waals surface area contributed by atoms with Crippen molar-refractivity contribution in [3.8, 4) is 0 Å². The smallest absolute Gasteiger partial charge is 0.179 e. The predicted octanol–water partition coefficient (Wildman–Crippen LogP) is 1.92.